The number of hydrogen-bond donors (Lipinski definition) is 0. The molecular formula is C23H28N2O3S. The fourth-order valence-corrected chi connectivity index (χ4v) is 4.18. The second-order valence-corrected chi connectivity index (χ2v) is 7.74. The lowest BCUT2D eigenvalue weighted by Gasteiger charge is -2.09. The average molecular weight is 413 g/mol. The lowest BCUT2D eigenvalue weighted by molar-refractivity contribution is 0.0526. The average Bonchev–Trinajstić information content (AvgIpc) is 3.06. The second-order valence-electron chi connectivity index (χ2n) is 6.80. The molecule has 0 amide bonds. The summed E-state index contributed by atoms with van der Waals surface area (Å²) in [4.78, 5) is 16.9. The Hall–Kier alpha value is -2.31. The number of benzene rings is 2. The predicted octanol–water partition coefficient (Wildman–Crippen LogP) is 5.24. The molecule has 0 aliphatic carbocycles. The molecule has 0 aliphatic rings. The fourth-order valence-electron chi connectivity index (χ4n) is 3.19. The van der Waals surface area contributed by atoms with E-state index < -0.39 is 0 Å². The number of hydrogen-bond acceptors (Lipinski definition) is 5. The molecule has 154 valence electrons. The van der Waals surface area contributed by atoms with Crippen LogP contribution in [0.3, 0.4) is 0 Å². The number of nitrogens with zero attached hydrogens (tertiary/aromatic N) is 2. The highest BCUT2D eigenvalue weighted by atomic mass is 32.2. The SMILES string of the molecule is CCOCCCn1c(SCc2cccc(C)c2)nc2cc(C(=O)OCC)ccc21. The van der Waals surface area contributed by atoms with Crippen LogP contribution in [0.15, 0.2) is 47.6 Å². The zero-order valence-corrected chi connectivity index (χ0v) is 18.1. The highest BCUT2D eigenvalue weighted by Crippen LogP contribution is 2.28. The molecule has 0 saturated carbocycles. The Bertz CT molecular complexity index is 968. The van der Waals surface area contributed by atoms with Crippen molar-refractivity contribution in [2.75, 3.05) is 19.8 Å². The number of fused-ring (bicyclic) bond motifs is 1. The molecule has 5 nitrogen and oxygen atoms in total. The van der Waals surface area contributed by atoms with Crippen LogP contribution in [0.4, 0.5) is 0 Å². The number of thioether (sulfide) groups is 1. The Kier molecular flexibility index (Phi) is 7.72. The molecule has 1 aromatic heterocycles. The maximum absolute atomic E-state index is 12.1. The summed E-state index contributed by atoms with van der Waals surface area (Å²) in [5.74, 6) is 0.538. The number of carbonyl (C=O) groups excluding carboxylic acids is 1. The van der Waals surface area contributed by atoms with Crippen molar-refractivity contribution in [1.29, 1.82) is 0 Å². The van der Waals surface area contributed by atoms with Crippen molar-refractivity contribution in [3.8, 4) is 0 Å². The molecule has 29 heavy (non-hydrogen) atoms. The van der Waals surface area contributed by atoms with E-state index in [1.165, 1.54) is 11.1 Å². The van der Waals surface area contributed by atoms with Crippen LogP contribution >= 0.6 is 11.8 Å². The van der Waals surface area contributed by atoms with Gasteiger partial charge in [-0.1, -0.05) is 41.6 Å². The van der Waals surface area contributed by atoms with Gasteiger partial charge in [-0.2, -0.15) is 0 Å². The predicted molar refractivity (Wildman–Crippen MR) is 118 cm³/mol. The summed E-state index contributed by atoms with van der Waals surface area (Å²) in [6.07, 6.45) is 0.914. The molecule has 0 bridgehead atoms. The van der Waals surface area contributed by atoms with Crippen molar-refractivity contribution >= 4 is 28.8 Å². The Morgan fingerprint density at radius 2 is 2.00 bits per heavy atom. The second kappa shape index (κ2) is 10.5. The van der Waals surface area contributed by atoms with Crippen LogP contribution in [0.1, 0.15) is 41.8 Å². The van der Waals surface area contributed by atoms with Gasteiger partial charge in [-0.15, -0.1) is 0 Å². The number of esters is 1. The van der Waals surface area contributed by atoms with Gasteiger partial charge >= 0.3 is 5.97 Å². The van der Waals surface area contributed by atoms with Crippen LogP contribution in [0.2, 0.25) is 0 Å². The summed E-state index contributed by atoms with van der Waals surface area (Å²) in [5.41, 5.74) is 4.91. The zero-order chi connectivity index (χ0) is 20.6. The minimum atomic E-state index is -0.311. The minimum Gasteiger partial charge on any atom is -0.462 e. The summed E-state index contributed by atoms with van der Waals surface area (Å²) in [6, 6.07) is 14.1. The molecule has 3 aromatic rings. The Balaban J connectivity index is 1.86. The molecule has 0 spiro atoms. The maximum atomic E-state index is 12.1. The van der Waals surface area contributed by atoms with Gasteiger partial charge in [-0.3, -0.25) is 0 Å². The van der Waals surface area contributed by atoms with E-state index in [0.717, 1.165) is 48.1 Å². The van der Waals surface area contributed by atoms with Crippen LogP contribution in [0.25, 0.3) is 11.0 Å². The first kappa shape index (κ1) is 21.4. The summed E-state index contributed by atoms with van der Waals surface area (Å²) >= 11 is 1.72. The third-order valence-electron chi connectivity index (χ3n) is 4.55. The van der Waals surface area contributed by atoms with Crippen LogP contribution < -0.4 is 0 Å². The molecule has 3 rings (SSSR count). The third kappa shape index (κ3) is 5.61. The summed E-state index contributed by atoms with van der Waals surface area (Å²) in [5, 5.41) is 0.957. The number of aromatic nitrogens is 2. The smallest absolute Gasteiger partial charge is 0.338 e. The van der Waals surface area contributed by atoms with Gasteiger partial charge in [0.05, 0.1) is 23.2 Å². The van der Waals surface area contributed by atoms with Gasteiger partial charge in [0.25, 0.3) is 0 Å². The molecule has 1 heterocycles. The van der Waals surface area contributed by atoms with E-state index in [4.69, 9.17) is 14.5 Å². The number of aryl methyl sites for hydroxylation is 2. The van der Waals surface area contributed by atoms with Crippen molar-refractivity contribution in [3.63, 3.8) is 0 Å². The highest BCUT2D eigenvalue weighted by molar-refractivity contribution is 7.98. The molecule has 0 fully saturated rings. The molecule has 0 unspecified atom stereocenters. The van der Waals surface area contributed by atoms with E-state index in [2.05, 4.69) is 35.8 Å². The molecule has 0 aliphatic heterocycles. The monoisotopic (exact) mass is 412 g/mol. The standard InChI is InChI=1S/C23H28N2O3S/c1-4-27-13-7-12-25-21-11-10-19(22(26)28-5-2)15-20(21)24-23(25)29-16-18-9-6-8-17(3)14-18/h6,8-11,14-15H,4-5,7,12-13,16H2,1-3H3. The molecule has 0 radical (unpaired) electrons. The van der Waals surface area contributed by atoms with Crippen molar-refractivity contribution < 1.29 is 14.3 Å². The largest absolute Gasteiger partial charge is 0.462 e. The van der Waals surface area contributed by atoms with Crippen LogP contribution in [0, 0.1) is 6.92 Å². The van der Waals surface area contributed by atoms with Gasteiger partial charge < -0.3 is 14.0 Å². The minimum absolute atomic E-state index is 0.311. The molecule has 0 atom stereocenters. The van der Waals surface area contributed by atoms with Gasteiger partial charge in [-0.05, 0) is 51.0 Å². The molecule has 6 heteroatoms. The van der Waals surface area contributed by atoms with E-state index >= 15 is 0 Å². The van der Waals surface area contributed by atoms with E-state index in [0.29, 0.717) is 12.2 Å². The van der Waals surface area contributed by atoms with Crippen LogP contribution in [-0.4, -0.2) is 35.3 Å². The Morgan fingerprint density at radius 3 is 2.76 bits per heavy atom. The Labute approximate surface area is 176 Å². The quantitative estimate of drug-likeness (QED) is 0.259. The number of rotatable bonds is 10. The first-order valence-corrected chi connectivity index (χ1v) is 11.0. The van der Waals surface area contributed by atoms with E-state index in [9.17, 15) is 4.79 Å². The third-order valence-corrected chi connectivity index (χ3v) is 5.60. The number of ether oxygens (including phenoxy) is 2. The first-order chi connectivity index (χ1) is 14.1. The maximum Gasteiger partial charge on any atom is 0.338 e. The van der Waals surface area contributed by atoms with E-state index in [1.54, 1.807) is 11.8 Å². The summed E-state index contributed by atoms with van der Waals surface area (Å²) < 4.78 is 12.9. The van der Waals surface area contributed by atoms with Crippen molar-refractivity contribution in [2.45, 2.75) is 44.6 Å². The highest BCUT2D eigenvalue weighted by Gasteiger charge is 2.15. The topological polar surface area (TPSA) is 53.4 Å². The summed E-state index contributed by atoms with van der Waals surface area (Å²) in [6.45, 7) is 8.55. The first-order valence-electron chi connectivity index (χ1n) is 10.1. The van der Waals surface area contributed by atoms with E-state index in [1.807, 2.05) is 32.0 Å². The van der Waals surface area contributed by atoms with Crippen molar-refractivity contribution in [1.82, 2.24) is 9.55 Å². The van der Waals surface area contributed by atoms with E-state index in [-0.39, 0.29) is 5.97 Å². The number of imidazole rings is 1. The van der Waals surface area contributed by atoms with Gasteiger partial charge in [-0.25, -0.2) is 9.78 Å². The molecule has 0 N–H and O–H groups in total. The van der Waals surface area contributed by atoms with Crippen LogP contribution in [-0.2, 0) is 21.8 Å². The molecular weight excluding hydrogens is 384 g/mol. The van der Waals surface area contributed by atoms with Gasteiger partial charge in [0.15, 0.2) is 5.16 Å². The van der Waals surface area contributed by atoms with Gasteiger partial charge in [0, 0.05) is 25.5 Å². The lowest BCUT2D eigenvalue weighted by atomic mass is 10.2. The van der Waals surface area contributed by atoms with Gasteiger partial charge in [0.1, 0.15) is 0 Å². The van der Waals surface area contributed by atoms with Crippen LogP contribution in [0.5, 0.6) is 0 Å². The Morgan fingerprint density at radius 1 is 1.14 bits per heavy atom. The van der Waals surface area contributed by atoms with Crippen molar-refractivity contribution in [2.24, 2.45) is 0 Å². The van der Waals surface area contributed by atoms with Crippen molar-refractivity contribution in [3.05, 3.63) is 59.2 Å². The zero-order valence-electron chi connectivity index (χ0n) is 17.3. The summed E-state index contributed by atoms with van der Waals surface area (Å²) in [7, 11) is 0. The fraction of sp³-hybridized carbons (Fsp3) is 0.391. The molecule has 2 aromatic carbocycles. The lowest BCUT2D eigenvalue weighted by Crippen LogP contribution is -2.05. The van der Waals surface area contributed by atoms with Gasteiger partial charge in [0.2, 0.25) is 0 Å². The molecule has 0 saturated heterocycles. The normalized spacial score (nSPS) is 11.1. The number of carbonyl (C=O) groups is 1.